The third-order valence-corrected chi connectivity index (χ3v) is 4.21. The van der Waals surface area contributed by atoms with Gasteiger partial charge in [-0.3, -0.25) is 0 Å². The molecule has 2 heterocycles. The molecule has 2 rings (SSSR count). The van der Waals surface area contributed by atoms with Gasteiger partial charge in [0, 0.05) is 23.6 Å². The molecule has 1 atom stereocenters. The number of halogens is 1. The van der Waals surface area contributed by atoms with Crippen molar-refractivity contribution in [1.29, 1.82) is 0 Å². The lowest BCUT2D eigenvalue weighted by atomic mass is 10.0. The number of hydrogen-bond acceptors (Lipinski definition) is 3. The van der Waals surface area contributed by atoms with Gasteiger partial charge in [-0.25, -0.2) is 4.98 Å². The summed E-state index contributed by atoms with van der Waals surface area (Å²) in [6.07, 6.45) is 3.87. The Hall–Kier alpha value is -0.610. The van der Waals surface area contributed by atoms with Crippen molar-refractivity contribution in [3.63, 3.8) is 0 Å². The van der Waals surface area contributed by atoms with Crippen LogP contribution in [0.2, 0.25) is 0 Å². The smallest absolute Gasteiger partial charge is 0.129 e. The molecule has 3 nitrogen and oxygen atoms in total. The first-order valence-electron chi connectivity index (χ1n) is 6.26. The minimum Gasteiger partial charge on any atom is -0.352 e. The standard InChI is InChI=1S/C13H20BrN3/c1-10-12(14)6-7-13(16-10)17-8-4-3-5-11(17)9-15-2/h6-7,11,15H,3-5,8-9H2,1-2H3. The van der Waals surface area contributed by atoms with Crippen LogP contribution in [-0.4, -0.2) is 31.2 Å². The number of aromatic nitrogens is 1. The molecule has 1 fully saturated rings. The molecule has 1 aliphatic heterocycles. The summed E-state index contributed by atoms with van der Waals surface area (Å²) < 4.78 is 1.09. The van der Waals surface area contributed by atoms with Gasteiger partial charge in [0.1, 0.15) is 5.82 Å². The van der Waals surface area contributed by atoms with E-state index in [4.69, 9.17) is 0 Å². The summed E-state index contributed by atoms with van der Waals surface area (Å²) in [7, 11) is 2.02. The van der Waals surface area contributed by atoms with Gasteiger partial charge in [0.05, 0.1) is 5.69 Å². The van der Waals surface area contributed by atoms with Gasteiger partial charge in [-0.05, 0) is 61.3 Å². The number of piperidine rings is 1. The second kappa shape index (κ2) is 5.83. The Kier molecular flexibility index (Phi) is 4.40. The van der Waals surface area contributed by atoms with E-state index in [2.05, 4.69) is 43.3 Å². The molecule has 0 aliphatic carbocycles. The maximum absolute atomic E-state index is 4.68. The third-order valence-electron chi connectivity index (χ3n) is 3.37. The summed E-state index contributed by atoms with van der Waals surface area (Å²) in [6.45, 7) is 4.21. The molecule has 1 aromatic heterocycles. The minimum absolute atomic E-state index is 0.585. The number of nitrogens with zero attached hydrogens (tertiary/aromatic N) is 2. The number of anilines is 1. The summed E-state index contributed by atoms with van der Waals surface area (Å²) in [6, 6.07) is 4.80. The van der Waals surface area contributed by atoms with Crippen LogP contribution in [0.5, 0.6) is 0 Å². The fraction of sp³-hybridized carbons (Fsp3) is 0.615. The molecule has 0 amide bonds. The van der Waals surface area contributed by atoms with Crippen molar-refractivity contribution in [2.24, 2.45) is 0 Å². The van der Waals surface area contributed by atoms with Gasteiger partial charge in [0.25, 0.3) is 0 Å². The third kappa shape index (κ3) is 2.99. The highest BCUT2D eigenvalue weighted by Gasteiger charge is 2.22. The van der Waals surface area contributed by atoms with E-state index in [0.29, 0.717) is 6.04 Å². The fourth-order valence-corrected chi connectivity index (χ4v) is 2.66. The summed E-state index contributed by atoms with van der Waals surface area (Å²) >= 11 is 3.51. The van der Waals surface area contributed by atoms with Gasteiger partial charge in [-0.1, -0.05) is 0 Å². The lowest BCUT2D eigenvalue weighted by Gasteiger charge is -2.36. The van der Waals surface area contributed by atoms with Crippen molar-refractivity contribution in [1.82, 2.24) is 10.3 Å². The molecule has 1 unspecified atom stereocenters. The second-order valence-electron chi connectivity index (χ2n) is 4.64. The summed E-state index contributed by atoms with van der Waals surface area (Å²) in [5.41, 5.74) is 1.07. The summed E-state index contributed by atoms with van der Waals surface area (Å²) in [5.74, 6) is 1.12. The molecular weight excluding hydrogens is 278 g/mol. The molecule has 0 saturated carbocycles. The van der Waals surface area contributed by atoms with E-state index >= 15 is 0 Å². The SMILES string of the molecule is CNCC1CCCCN1c1ccc(Br)c(C)n1. The highest BCUT2D eigenvalue weighted by molar-refractivity contribution is 9.10. The van der Waals surface area contributed by atoms with E-state index in [0.717, 1.165) is 29.1 Å². The van der Waals surface area contributed by atoms with Crippen LogP contribution in [0.4, 0.5) is 5.82 Å². The number of aryl methyl sites for hydroxylation is 1. The van der Waals surface area contributed by atoms with Gasteiger partial charge in [0.2, 0.25) is 0 Å². The van der Waals surface area contributed by atoms with Gasteiger partial charge in [-0.15, -0.1) is 0 Å². The number of likely N-dealkylation sites (N-methyl/N-ethyl adjacent to an activating group) is 1. The molecule has 94 valence electrons. The second-order valence-corrected chi connectivity index (χ2v) is 5.49. The van der Waals surface area contributed by atoms with Crippen LogP contribution in [0, 0.1) is 6.92 Å². The predicted octanol–water partition coefficient (Wildman–Crippen LogP) is 2.73. The van der Waals surface area contributed by atoms with Crippen molar-refractivity contribution < 1.29 is 0 Å². The fourth-order valence-electron chi connectivity index (χ4n) is 2.44. The molecule has 1 aromatic rings. The van der Waals surface area contributed by atoms with E-state index in [1.807, 2.05) is 14.0 Å². The monoisotopic (exact) mass is 297 g/mol. The average Bonchev–Trinajstić information content (AvgIpc) is 2.34. The van der Waals surface area contributed by atoms with Crippen molar-refractivity contribution in [2.45, 2.75) is 32.2 Å². The van der Waals surface area contributed by atoms with Gasteiger partial charge < -0.3 is 10.2 Å². The highest BCUT2D eigenvalue weighted by Crippen LogP contribution is 2.25. The minimum atomic E-state index is 0.585. The molecule has 0 aromatic carbocycles. The molecule has 1 saturated heterocycles. The molecule has 0 bridgehead atoms. The zero-order chi connectivity index (χ0) is 12.3. The zero-order valence-corrected chi connectivity index (χ0v) is 12.1. The van der Waals surface area contributed by atoms with E-state index in [1.54, 1.807) is 0 Å². The van der Waals surface area contributed by atoms with Crippen LogP contribution >= 0.6 is 15.9 Å². The molecule has 1 N–H and O–H groups in total. The average molecular weight is 298 g/mol. The zero-order valence-electron chi connectivity index (χ0n) is 10.5. The Balaban J connectivity index is 2.20. The van der Waals surface area contributed by atoms with E-state index < -0.39 is 0 Å². The topological polar surface area (TPSA) is 28.2 Å². The Labute approximate surface area is 112 Å². The van der Waals surface area contributed by atoms with Crippen molar-refractivity contribution in [3.8, 4) is 0 Å². The van der Waals surface area contributed by atoms with Crippen LogP contribution < -0.4 is 10.2 Å². The van der Waals surface area contributed by atoms with Crippen LogP contribution in [0.3, 0.4) is 0 Å². The van der Waals surface area contributed by atoms with E-state index in [1.165, 1.54) is 19.3 Å². The van der Waals surface area contributed by atoms with E-state index in [9.17, 15) is 0 Å². The Morgan fingerprint density at radius 1 is 1.47 bits per heavy atom. The van der Waals surface area contributed by atoms with Gasteiger partial charge in [-0.2, -0.15) is 0 Å². The maximum atomic E-state index is 4.68. The molecule has 0 spiro atoms. The quantitative estimate of drug-likeness (QED) is 0.930. The normalized spacial score (nSPS) is 20.6. The molecule has 0 radical (unpaired) electrons. The maximum Gasteiger partial charge on any atom is 0.129 e. The van der Waals surface area contributed by atoms with Crippen LogP contribution in [-0.2, 0) is 0 Å². The number of nitrogens with one attached hydrogen (secondary N) is 1. The lowest BCUT2D eigenvalue weighted by Crippen LogP contribution is -2.45. The first-order valence-corrected chi connectivity index (χ1v) is 7.06. The molecular formula is C13H20BrN3. The number of pyridine rings is 1. The molecule has 1 aliphatic rings. The summed E-state index contributed by atoms with van der Waals surface area (Å²) in [5, 5.41) is 3.28. The van der Waals surface area contributed by atoms with Gasteiger partial charge >= 0.3 is 0 Å². The van der Waals surface area contributed by atoms with Gasteiger partial charge in [0.15, 0.2) is 0 Å². The van der Waals surface area contributed by atoms with Crippen molar-refractivity contribution >= 4 is 21.7 Å². The Morgan fingerprint density at radius 2 is 2.29 bits per heavy atom. The number of hydrogen-bond donors (Lipinski definition) is 1. The molecule has 17 heavy (non-hydrogen) atoms. The highest BCUT2D eigenvalue weighted by atomic mass is 79.9. The first-order chi connectivity index (χ1) is 8.22. The lowest BCUT2D eigenvalue weighted by molar-refractivity contribution is 0.443. The van der Waals surface area contributed by atoms with Crippen molar-refractivity contribution in [3.05, 3.63) is 22.3 Å². The Morgan fingerprint density at radius 3 is 3.00 bits per heavy atom. The van der Waals surface area contributed by atoms with Crippen molar-refractivity contribution in [2.75, 3.05) is 25.0 Å². The summed E-state index contributed by atoms with van der Waals surface area (Å²) in [4.78, 5) is 7.12. The molecule has 4 heteroatoms. The van der Waals surface area contributed by atoms with E-state index in [-0.39, 0.29) is 0 Å². The Bertz CT molecular complexity index is 379. The first kappa shape index (κ1) is 12.8. The van der Waals surface area contributed by atoms with Crippen LogP contribution in [0.15, 0.2) is 16.6 Å². The largest absolute Gasteiger partial charge is 0.352 e. The number of rotatable bonds is 3. The van der Waals surface area contributed by atoms with Crippen LogP contribution in [0.25, 0.3) is 0 Å². The van der Waals surface area contributed by atoms with Crippen LogP contribution in [0.1, 0.15) is 25.0 Å². The predicted molar refractivity (Wildman–Crippen MR) is 75.6 cm³/mol.